The Balaban J connectivity index is 0.000000162. The second-order valence-electron chi connectivity index (χ2n) is 3.77. The van der Waals surface area contributed by atoms with Crippen LogP contribution in [0.2, 0.25) is 0 Å². The van der Waals surface area contributed by atoms with Crippen LogP contribution >= 0.6 is 0 Å². The van der Waals surface area contributed by atoms with E-state index >= 15 is 0 Å². The molecule has 1 aromatic rings. The molecular weight excluding hydrogens is 186 g/mol. The number of rotatable bonds is 2. The molecule has 1 saturated heterocycles. The van der Waals surface area contributed by atoms with Crippen molar-refractivity contribution in [3.05, 3.63) is 35.9 Å². The fourth-order valence-electron chi connectivity index (χ4n) is 1.58. The van der Waals surface area contributed by atoms with Gasteiger partial charge in [0.15, 0.2) is 0 Å². The van der Waals surface area contributed by atoms with Crippen LogP contribution in [-0.2, 0) is 6.42 Å². The largest absolute Gasteiger partial charge is 0.396 e. The van der Waals surface area contributed by atoms with Crippen molar-refractivity contribution in [2.75, 3.05) is 19.7 Å². The molecule has 1 aromatic carbocycles. The monoisotopic (exact) mass is 207 g/mol. The van der Waals surface area contributed by atoms with Crippen molar-refractivity contribution in [1.82, 2.24) is 5.32 Å². The van der Waals surface area contributed by atoms with Gasteiger partial charge in [0.2, 0.25) is 0 Å². The maximum Gasteiger partial charge on any atom is 0.0471 e. The summed E-state index contributed by atoms with van der Waals surface area (Å²) in [6, 6.07) is 9.95. The van der Waals surface area contributed by atoms with Gasteiger partial charge in [-0.25, -0.2) is 0 Å². The Labute approximate surface area is 92.3 Å². The highest BCUT2D eigenvalue weighted by Gasteiger charge is 1.93. The molecule has 0 radical (unpaired) electrons. The molecule has 0 atom stereocenters. The zero-order valence-electron chi connectivity index (χ0n) is 9.28. The van der Waals surface area contributed by atoms with Crippen molar-refractivity contribution in [1.29, 1.82) is 0 Å². The van der Waals surface area contributed by atoms with Gasteiger partial charge >= 0.3 is 0 Å². The predicted molar refractivity (Wildman–Crippen MR) is 64.0 cm³/mol. The molecule has 2 N–H and O–H groups in total. The van der Waals surface area contributed by atoms with E-state index < -0.39 is 0 Å². The highest BCUT2D eigenvalue weighted by molar-refractivity contribution is 5.14. The van der Waals surface area contributed by atoms with Gasteiger partial charge in [0.1, 0.15) is 0 Å². The van der Waals surface area contributed by atoms with E-state index in [0.29, 0.717) is 0 Å². The zero-order valence-corrected chi connectivity index (χ0v) is 9.28. The van der Waals surface area contributed by atoms with Gasteiger partial charge in [-0.3, -0.25) is 0 Å². The van der Waals surface area contributed by atoms with Gasteiger partial charge in [-0.05, 0) is 37.9 Å². The third-order valence-electron chi connectivity index (χ3n) is 2.45. The second-order valence-corrected chi connectivity index (χ2v) is 3.77. The summed E-state index contributed by atoms with van der Waals surface area (Å²) in [5.41, 5.74) is 1.19. The normalized spacial score (nSPS) is 15.3. The Kier molecular flexibility index (Phi) is 6.88. The summed E-state index contributed by atoms with van der Waals surface area (Å²) >= 11 is 0. The van der Waals surface area contributed by atoms with E-state index in [4.69, 9.17) is 5.11 Å². The molecule has 1 heterocycles. The first kappa shape index (κ1) is 12.2. The summed E-state index contributed by atoms with van der Waals surface area (Å²) < 4.78 is 0. The number of aliphatic hydroxyl groups is 1. The average Bonchev–Trinajstić information content (AvgIpc) is 2.34. The van der Waals surface area contributed by atoms with Gasteiger partial charge in [0.25, 0.3) is 0 Å². The molecule has 0 aliphatic carbocycles. The van der Waals surface area contributed by atoms with E-state index in [1.807, 2.05) is 30.3 Å². The lowest BCUT2D eigenvalue weighted by atomic mass is 10.2. The molecule has 15 heavy (non-hydrogen) atoms. The predicted octanol–water partition coefficient (Wildman–Crippen LogP) is 1.98. The van der Waals surface area contributed by atoms with Gasteiger partial charge in [0, 0.05) is 6.61 Å². The van der Waals surface area contributed by atoms with Gasteiger partial charge in [-0.1, -0.05) is 36.8 Å². The minimum absolute atomic E-state index is 0.240. The molecule has 0 spiro atoms. The lowest BCUT2D eigenvalue weighted by Gasteiger charge is -2.08. The molecule has 0 amide bonds. The first-order valence-corrected chi connectivity index (χ1v) is 5.79. The number of hydrogen-bond donors (Lipinski definition) is 2. The van der Waals surface area contributed by atoms with Crippen LogP contribution in [-0.4, -0.2) is 24.8 Å². The first-order chi connectivity index (χ1) is 7.43. The number of hydrogen-bond acceptors (Lipinski definition) is 2. The second kappa shape index (κ2) is 8.45. The molecule has 0 unspecified atom stereocenters. The highest BCUT2D eigenvalue weighted by atomic mass is 16.2. The lowest BCUT2D eigenvalue weighted by molar-refractivity contribution is 0.299. The van der Waals surface area contributed by atoms with Crippen LogP contribution in [0.4, 0.5) is 0 Å². The van der Waals surface area contributed by atoms with Crippen molar-refractivity contribution in [2.24, 2.45) is 0 Å². The standard InChI is InChI=1S/C8H10O.C5H11N/c9-7-6-8-4-2-1-3-5-8;1-2-4-6-5-3-1/h1-5,9H,6-7H2;6H,1-5H2. The average molecular weight is 207 g/mol. The fourth-order valence-corrected chi connectivity index (χ4v) is 1.58. The van der Waals surface area contributed by atoms with E-state index in [2.05, 4.69) is 5.32 Å². The number of aliphatic hydroxyl groups excluding tert-OH is 1. The van der Waals surface area contributed by atoms with E-state index in [-0.39, 0.29) is 6.61 Å². The summed E-state index contributed by atoms with van der Waals surface area (Å²) in [6.07, 6.45) is 4.98. The van der Waals surface area contributed by atoms with Gasteiger partial charge in [0.05, 0.1) is 0 Å². The summed E-state index contributed by atoms with van der Waals surface area (Å²) in [6.45, 7) is 2.74. The summed E-state index contributed by atoms with van der Waals surface area (Å²) in [5.74, 6) is 0. The van der Waals surface area contributed by atoms with Crippen molar-refractivity contribution < 1.29 is 5.11 Å². The Bertz CT molecular complexity index is 220. The third kappa shape index (κ3) is 6.26. The summed E-state index contributed by atoms with van der Waals surface area (Å²) in [4.78, 5) is 0. The van der Waals surface area contributed by atoms with E-state index in [1.54, 1.807) is 0 Å². The Morgan fingerprint density at radius 1 is 1.00 bits per heavy atom. The van der Waals surface area contributed by atoms with Gasteiger partial charge in [-0.2, -0.15) is 0 Å². The van der Waals surface area contributed by atoms with Crippen LogP contribution in [0.1, 0.15) is 24.8 Å². The molecule has 0 saturated carbocycles. The lowest BCUT2D eigenvalue weighted by Crippen LogP contribution is -2.21. The van der Waals surface area contributed by atoms with Crippen LogP contribution in [0, 0.1) is 0 Å². The molecule has 1 aliphatic heterocycles. The summed E-state index contributed by atoms with van der Waals surface area (Å²) in [7, 11) is 0. The molecule has 84 valence electrons. The summed E-state index contributed by atoms with van der Waals surface area (Å²) in [5, 5.41) is 11.8. The number of benzene rings is 1. The molecule has 2 heteroatoms. The Morgan fingerprint density at radius 3 is 2.07 bits per heavy atom. The van der Waals surface area contributed by atoms with E-state index in [0.717, 1.165) is 6.42 Å². The molecule has 2 rings (SSSR count). The van der Waals surface area contributed by atoms with Crippen LogP contribution in [0.5, 0.6) is 0 Å². The van der Waals surface area contributed by atoms with Gasteiger partial charge in [-0.15, -0.1) is 0 Å². The van der Waals surface area contributed by atoms with Crippen molar-refractivity contribution in [3.8, 4) is 0 Å². The number of piperidine rings is 1. The fraction of sp³-hybridized carbons (Fsp3) is 0.538. The third-order valence-corrected chi connectivity index (χ3v) is 2.45. The van der Waals surface area contributed by atoms with Crippen LogP contribution in [0.15, 0.2) is 30.3 Å². The highest BCUT2D eigenvalue weighted by Crippen LogP contribution is 1.97. The van der Waals surface area contributed by atoms with E-state index in [1.165, 1.54) is 37.9 Å². The zero-order chi connectivity index (χ0) is 10.8. The molecule has 1 fully saturated rings. The van der Waals surface area contributed by atoms with Crippen LogP contribution in [0.25, 0.3) is 0 Å². The quantitative estimate of drug-likeness (QED) is 0.777. The molecule has 1 aliphatic rings. The number of nitrogens with one attached hydrogen (secondary N) is 1. The van der Waals surface area contributed by atoms with Crippen LogP contribution in [0.3, 0.4) is 0 Å². The SMILES string of the molecule is C1CCNCC1.OCCc1ccccc1. The van der Waals surface area contributed by atoms with Crippen molar-refractivity contribution in [2.45, 2.75) is 25.7 Å². The van der Waals surface area contributed by atoms with Gasteiger partial charge < -0.3 is 10.4 Å². The van der Waals surface area contributed by atoms with Crippen molar-refractivity contribution in [3.63, 3.8) is 0 Å². The minimum atomic E-state index is 0.240. The molecule has 2 nitrogen and oxygen atoms in total. The molecule has 0 aromatic heterocycles. The van der Waals surface area contributed by atoms with E-state index in [9.17, 15) is 0 Å². The van der Waals surface area contributed by atoms with Crippen molar-refractivity contribution >= 4 is 0 Å². The minimum Gasteiger partial charge on any atom is -0.396 e. The smallest absolute Gasteiger partial charge is 0.0471 e. The maximum absolute atomic E-state index is 8.52. The molecular formula is C13H21NO. The molecule has 0 bridgehead atoms. The first-order valence-electron chi connectivity index (χ1n) is 5.79. The maximum atomic E-state index is 8.52. The Morgan fingerprint density at radius 2 is 1.67 bits per heavy atom. The topological polar surface area (TPSA) is 32.3 Å². The van der Waals surface area contributed by atoms with Crippen LogP contribution < -0.4 is 5.32 Å². The Hall–Kier alpha value is -0.860.